The zero-order valence-corrected chi connectivity index (χ0v) is 11.0. The highest BCUT2D eigenvalue weighted by Crippen LogP contribution is 2.19. The normalized spacial score (nSPS) is 16.4. The summed E-state index contributed by atoms with van der Waals surface area (Å²) < 4.78 is 0. The second kappa shape index (κ2) is 8.53. The number of carboxylic acids is 1. The van der Waals surface area contributed by atoms with E-state index in [1.165, 1.54) is 18.4 Å². The van der Waals surface area contributed by atoms with Crippen LogP contribution in [0, 0.1) is 0 Å². The van der Waals surface area contributed by atoms with Crippen LogP contribution in [0.15, 0.2) is 11.6 Å². The highest BCUT2D eigenvalue weighted by Gasteiger charge is 2.18. The SMILES string of the molecule is O=C(NCCC1=CCCCC1)N[C@H](CCO)C(=O)O. The van der Waals surface area contributed by atoms with Gasteiger partial charge in [-0.15, -0.1) is 0 Å². The molecule has 4 N–H and O–H groups in total. The molecule has 0 heterocycles. The first-order chi connectivity index (χ1) is 9.13. The molecule has 0 aromatic heterocycles. The molecule has 6 nitrogen and oxygen atoms in total. The topological polar surface area (TPSA) is 98.7 Å². The number of amides is 2. The van der Waals surface area contributed by atoms with Crippen LogP contribution < -0.4 is 10.6 Å². The Balaban J connectivity index is 2.22. The molecule has 0 aromatic carbocycles. The van der Waals surface area contributed by atoms with Gasteiger partial charge in [0.2, 0.25) is 0 Å². The Morgan fingerprint density at radius 1 is 1.37 bits per heavy atom. The number of hydrogen-bond donors (Lipinski definition) is 4. The molecule has 0 spiro atoms. The Morgan fingerprint density at radius 2 is 2.16 bits per heavy atom. The van der Waals surface area contributed by atoms with E-state index < -0.39 is 18.0 Å². The third-order valence-electron chi connectivity index (χ3n) is 3.14. The standard InChI is InChI=1S/C13H22N2O4/c16-9-7-11(12(17)18)15-13(19)14-8-6-10-4-2-1-3-5-10/h4,11,16H,1-3,5-9H2,(H,17,18)(H2,14,15,19)/t11-/m1/s1. The molecule has 1 rings (SSSR count). The van der Waals surface area contributed by atoms with Gasteiger partial charge in [0.1, 0.15) is 6.04 Å². The summed E-state index contributed by atoms with van der Waals surface area (Å²) in [5.74, 6) is -1.14. The molecule has 0 radical (unpaired) electrons. The van der Waals surface area contributed by atoms with Gasteiger partial charge in [-0.25, -0.2) is 9.59 Å². The van der Waals surface area contributed by atoms with Gasteiger partial charge in [0.05, 0.1) is 0 Å². The van der Waals surface area contributed by atoms with Gasteiger partial charge in [-0.3, -0.25) is 0 Å². The fourth-order valence-corrected chi connectivity index (χ4v) is 2.06. The number of urea groups is 1. The van der Waals surface area contributed by atoms with Crippen molar-refractivity contribution >= 4 is 12.0 Å². The third-order valence-corrected chi connectivity index (χ3v) is 3.14. The largest absolute Gasteiger partial charge is 0.480 e. The smallest absolute Gasteiger partial charge is 0.326 e. The van der Waals surface area contributed by atoms with Crippen LogP contribution in [0.3, 0.4) is 0 Å². The van der Waals surface area contributed by atoms with Crippen molar-refractivity contribution in [1.82, 2.24) is 10.6 Å². The number of allylic oxidation sites excluding steroid dienone is 1. The van der Waals surface area contributed by atoms with Gasteiger partial charge in [-0.2, -0.15) is 0 Å². The van der Waals surface area contributed by atoms with Crippen molar-refractivity contribution in [3.05, 3.63) is 11.6 Å². The first-order valence-electron chi connectivity index (χ1n) is 6.69. The average Bonchev–Trinajstić information content (AvgIpc) is 2.39. The van der Waals surface area contributed by atoms with E-state index in [1.807, 2.05) is 0 Å². The molecule has 0 unspecified atom stereocenters. The van der Waals surface area contributed by atoms with Crippen molar-refractivity contribution < 1.29 is 19.8 Å². The maximum atomic E-state index is 11.5. The highest BCUT2D eigenvalue weighted by atomic mass is 16.4. The van der Waals surface area contributed by atoms with Crippen molar-refractivity contribution in [1.29, 1.82) is 0 Å². The van der Waals surface area contributed by atoms with E-state index in [-0.39, 0.29) is 13.0 Å². The number of carboxylic acid groups (broad SMARTS) is 1. The number of hydrogen-bond acceptors (Lipinski definition) is 3. The molecule has 2 amide bonds. The summed E-state index contributed by atoms with van der Waals surface area (Å²) in [6.45, 7) is 0.229. The second-order valence-corrected chi connectivity index (χ2v) is 4.66. The summed E-state index contributed by atoms with van der Waals surface area (Å²) in [5.41, 5.74) is 1.36. The van der Waals surface area contributed by atoms with E-state index in [2.05, 4.69) is 16.7 Å². The molecule has 0 aliphatic heterocycles. The van der Waals surface area contributed by atoms with Gasteiger partial charge in [-0.1, -0.05) is 11.6 Å². The van der Waals surface area contributed by atoms with Crippen LogP contribution in [0.1, 0.15) is 38.5 Å². The molecule has 0 saturated heterocycles. The first kappa shape index (κ1) is 15.5. The maximum Gasteiger partial charge on any atom is 0.326 e. The van der Waals surface area contributed by atoms with E-state index in [1.54, 1.807) is 0 Å². The fraction of sp³-hybridized carbons (Fsp3) is 0.692. The Labute approximate surface area is 112 Å². The summed E-state index contributed by atoms with van der Waals surface area (Å²) in [6.07, 6.45) is 7.67. The van der Waals surface area contributed by atoms with Crippen molar-refractivity contribution in [3.8, 4) is 0 Å². The average molecular weight is 270 g/mol. The van der Waals surface area contributed by atoms with E-state index in [0.29, 0.717) is 6.54 Å². The zero-order chi connectivity index (χ0) is 14.1. The number of aliphatic carboxylic acids is 1. The maximum absolute atomic E-state index is 11.5. The molecule has 108 valence electrons. The third kappa shape index (κ3) is 6.24. The lowest BCUT2D eigenvalue weighted by atomic mass is 9.97. The highest BCUT2D eigenvalue weighted by molar-refractivity contribution is 5.82. The van der Waals surface area contributed by atoms with Crippen molar-refractivity contribution in [2.45, 2.75) is 44.6 Å². The lowest BCUT2D eigenvalue weighted by Crippen LogP contribution is -2.46. The zero-order valence-electron chi connectivity index (χ0n) is 11.0. The lowest BCUT2D eigenvalue weighted by molar-refractivity contribution is -0.139. The van der Waals surface area contributed by atoms with Crippen LogP contribution in [0.4, 0.5) is 4.79 Å². The Bertz CT molecular complexity index is 342. The van der Waals surface area contributed by atoms with Crippen LogP contribution in [0.2, 0.25) is 0 Å². The summed E-state index contributed by atoms with van der Waals surface area (Å²) in [7, 11) is 0. The molecule has 0 aromatic rings. The second-order valence-electron chi connectivity index (χ2n) is 4.66. The monoisotopic (exact) mass is 270 g/mol. The molecule has 0 bridgehead atoms. The van der Waals surface area contributed by atoms with Crippen LogP contribution in [-0.4, -0.2) is 41.4 Å². The van der Waals surface area contributed by atoms with E-state index in [4.69, 9.17) is 10.2 Å². The molecular formula is C13H22N2O4. The Kier molecular flexibility index (Phi) is 6.95. The number of carbonyl (C=O) groups is 2. The van der Waals surface area contributed by atoms with E-state index in [9.17, 15) is 9.59 Å². The molecule has 19 heavy (non-hydrogen) atoms. The van der Waals surface area contributed by atoms with Crippen molar-refractivity contribution in [2.75, 3.05) is 13.2 Å². The Hall–Kier alpha value is -1.56. The molecule has 1 aliphatic rings. The molecule has 0 fully saturated rings. The molecule has 6 heteroatoms. The molecule has 1 atom stereocenters. The van der Waals surface area contributed by atoms with Crippen molar-refractivity contribution in [3.63, 3.8) is 0 Å². The van der Waals surface area contributed by atoms with Crippen LogP contribution >= 0.6 is 0 Å². The summed E-state index contributed by atoms with van der Waals surface area (Å²) in [6, 6.07) is -1.55. The van der Waals surface area contributed by atoms with Crippen LogP contribution in [0.5, 0.6) is 0 Å². The Morgan fingerprint density at radius 3 is 2.74 bits per heavy atom. The first-order valence-corrected chi connectivity index (χ1v) is 6.69. The van der Waals surface area contributed by atoms with Gasteiger partial charge in [0.25, 0.3) is 0 Å². The summed E-state index contributed by atoms with van der Waals surface area (Å²) >= 11 is 0. The fourth-order valence-electron chi connectivity index (χ4n) is 2.06. The number of carbonyl (C=O) groups excluding carboxylic acids is 1. The van der Waals surface area contributed by atoms with Gasteiger partial charge >= 0.3 is 12.0 Å². The quantitative estimate of drug-likeness (QED) is 0.519. The summed E-state index contributed by atoms with van der Waals surface area (Å²) in [4.78, 5) is 22.3. The predicted molar refractivity (Wildman–Crippen MR) is 70.8 cm³/mol. The van der Waals surface area contributed by atoms with Gasteiger partial charge in [-0.05, 0) is 32.1 Å². The number of nitrogens with one attached hydrogen (secondary N) is 2. The van der Waals surface area contributed by atoms with Crippen LogP contribution in [0.25, 0.3) is 0 Å². The van der Waals surface area contributed by atoms with Gasteiger partial charge in [0, 0.05) is 19.6 Å². The van der Waals surface area contributed by atoms with E-state index in [0.717, 1.165) is 19.3 Å². The minimum atomic E-state index is -1.14. The number of aliphatic hydroxyl groups excluding tert-OH is 1. The molecule has 0 saturated carbocycles. The number of aliphatic hydroxyl groups is 1. The van der Waals surface area contributed by atoms with Crippen molar-refractivity contribution in [2.24, 2.45) is 0 Å². The minimum absolute atomic E-state index is 0.00784. The molecule has 1 aliphatic carbocycles. The molecular weight excluding hydrogens is 248 g/mol. The lowest BCUT2D eigenvalue weighted by Gasteiger charge is -2.15. The van der Waals surface area contributed by atoms with E-state index >= 15 is 0 Å². The number of rotatable bonds is 7. The van der Waals surface area contributed by atoms with Gasteiger partial charge in [0.15, 0.2) is 0 Å². The predicted octanol–water partition coefficient (Wildman–Crippen LogP) is 1.01. The van der Waals surface area contributed by atoms with Gasteiger partial charge < -0.3 is 20.8 Å². The minimum Gasteiger partial charge on any atom is -0.480 e. The summed E-state index contributed by atoms with van der Waals surface area (Å²) in [5, 5.41) is 22.5. The van der Waals surface area contributed by atoms with Crippen LogP contribution in [-0.2, 0) is 4.79 Å².